The van der Waals surface area contributed by atoms with E-state index in [9.17, 15) is 4.79 Å². The molecule has 0 saturated heterocycles. The number of amides is 1. The standard InChI is InChI=1S/C11H24N2O/c1-11(2,3)7-6-10(14)12-8-9-13(4)5/h6-9H2,1-5H3,(H,12,14). The first-order valence-corrected chi connectivity index (χ1v) is 5.23. The Balaban J connectivity index is 3.47. The highest BCUT2D eigenvalue weighted by Gasteiger charge is 2.12. The Morgan fingerprint density at radius 1 is 1.29 bits per heavy atom. The third-order valence-electron chi connectivity index (χ3n) is 1.98. The van der Waals surface area contributed by atoms with Gasteiger partial charge in [-0.3, -0.25) is 4.79 Å². The smallest absolute Gasteiger partial charge is 0.220 e. The van der Waals surface area contributed by atoms with Crippen molar-refractivity contribution in [2.45, 2.75) is 33.6 Å². The number of carbonyl (C=O) groups is 1. The molecule has 1 amide bonds. The van der Waals surface area contributed by atoms with Gasteiger partial charge in [0.2, 0.25) is 5.91 Å². The van der Waals surface area contributed by atoms with Gasteiger partial charge in [-0.15, -0.1) is 0 Å². The van der Waals surface area contributed by atoms with Gasteiger partial charge in [-0.1, -0.05) is 20.8 Å². The number of carbonyl (C=O) groups excluding carboxylic acids is 1. The molecule has 0 aliphatic heterocycles. The van der Waals surface area contributed by atoms with Crippen molar-refractivity contribution in [3.05, 3.63) is 0 Å². The van der Waals surface area contributed by atoms with Crippen LogP contribution in [0.5, 0.6) is 0 Å². The number of nitrogens with one attached hydrogen (secondary N) is 1. The molecule has 3 nitrogen and oxygen atoms in total. The van der Waals surface area contributed by atoms with E-state index in [1.54, 1.807) is 0 Å². The normalized spacial score (nSPS) is 11.9. The van der Waals surface area contributed by atoms with Gasteiger partial charge in [0.05, 0.1) is 0 Å². The van der Waals surface area contributed by atoms with Gasteiger partial charge in [-0.05, 0) is 25.9 Å². The van der Waals surface area contributed by atoms with Crippen LogP contribution in [0.25, 0.3) is 0 Å². The molecule has 0 saturated carbocycles. The van der Waals surface area contributed by atoms with Crippen molar-refractivity contribution in [3.63, 3.8) is 0 Å². The Morgan fingerprint density at radius 2 is 1.86 bits per heavy atom. The number of likely N-dealkylation sites (N-methyl/N-ethyl adjacent to an activating group) is 1. The SMILES string of the molecule is CN(C)CCNC(=O)CCC(C)(C)C. The minimum absolute atomic E-state index is 0.168. The van der Waals surface area contributed by atoms with Crippen LogP contribution in [-0.4, -0.2) is 38.0 Å². The Morgan fingerprint density at radius 3 is 2.29 bits per heavy atom. The highest BCUT2D eigenvalue weighted by molar-refractivity contribution is 5.75. The van der Waals surface area contributed by atoms with Crippen LogP contribution < -0.4 is 5.32 Å². The van der Waals surface area contributed by atoms with E-state index >= 15 is 0 Å². The molecule has 14 heavy (non-hydrogen) atoms. The van der Waals surface area contributed by atoms with Gasteiger partial charge in [0.15, 0.2) is 0 Å². The summed E-state index contributed by atoms with van der Waals surface area (Å²) >= 11 is 0. The van der Waals surface area contributed by atoms with Gasteiger partial charge in [0, 0.05) is 19.5 Å². The minimum atomic E-state index is 0.168. The van der Waals surface area contributed by atoms with Crippen molar-refractivity contribution in [2.75, 3.05) is 27.2 Å². The molecule has 0 fully saturated rings. The highest BCUT2D eigenvalue weighted by Crippen LogP contribution is 2.19. The molecule has 3 heteroatoms. The van der Waals surface area contributed by atoms with E-state index in [4.69, 9.17) is 0 Å². The minimum Gasteiger partial charge on any atom is -0.355 e. The van der Waals surface area contributed by atoms with Crippen LogP contribution in [0.4, 0.5) is 0 Å². The molecule has 1 N–H and O–H groups in total. The molecule has 84 valence electrons. The topological polar surface area (TPSA) is 32.3 Å². The zero-order valence-electron chi connectivity index (χ0n) is 10.2. The number of hydrogen-bond acceptors (Lipinski definition) is 2. The summed E-state index contributed by atoms with van der Waals surface area (Å²) in [6.45, 7) is 8.11. The molecule has 0 atom stereocenters. The summed E-state index contributed by atoms with van der Waals surface area (Å²) in [7, 11) is 4.00. The highest BCUT2D eigenvalue weighted by atomic mass is 16.1. The van der Waals surface area contributed by atoms with E-state index in [1.807, 2.05) is 14.1 Å². The van der Waals surface area contributed by atoms with Crippen molar-refractivity contribution in [1.82, 2.24) is 10.2 Å². The lowest BCUT2D eigenvalue weighted by molar-refractivity contribution is -0.121. The fraction of sp³-hybridized carbons (Fsp3) is 0.909. The lowest BCUT2D eigenvalue weighted by Crippen LogP contribution is -2.31. The Labute approximate surface area is 87.9 Å². The molecule has 0 radical (unpaired) electrons. The van der Waals surface area contributed by atoms with Crippen LogP contribution in [0.1, 0.15) is 33.6 Å². The molecule has 0 spiro atoms. The van der Waals surface area contributed by atoms with Crippen molar-refractivity contribution in [2.24, 2.45) is 5.41 Å². The summed E-state index contributed by atoms with van der Waals surface area (Å²) < 4.78 is 0. The van der Waals surface area contributed by atoms with E-state index in [-0.39, 0.29) is 11.3 Å². The molecule has 0 rings (SSSR count). The van der Waals surface area contributed by atoms with E-state index in [1.165, 1.54) is 0 Å². The third kappa shape index (κ3) is 9.52. The van der Waals surface area contributed by atoms with Gasteiger partial charge in [0.25, 0.3) is 0 Å². The summed E-state index contributed by atoms with van der Waals surface area (Å²) in [6, 6.07) is 0. The molecule has 0 aromatic carbocycles. The molecule has 0 heterocycles. The zero-order valence-corrected chi connectivity index (χ0v) is 10.2. The predicted octanol–water partition coefficient (Wildman–Crippen LogP) is 1.49. The van der Waals surface area contributed by atoms with Gasteiger partial charge in [-0.2, -0.15) is 0 Å². The summed E-state index contributed by atoms with van der Waals surface area (Å²) in [4.78, 5) is 13.4. The Kier molecular flexibility index (Phi) is 5.77. The summed E-state index contributed by atoms with van der Waals surface area (Å²) in [5.74, 6) is 0.168. The van der Waals surface area contributed by atoms with Crippen molar-refractivity contribution in [1.29, 1.82) is 0 Å². The predicted molar refractivity (Wildman–Crippen MR) is 60.3 cm³/mol. The second-order valence-electron chi connectivity index (χ2n) is 5.21. The van der Waals surface area contributed by atoms with Gasteiger partial charge in [0.1, 0.15) is 0 Å². The molecule has 0 aliphatic rings. The first-order chi connectivity index (χ1) is 6.31. The van der Waals surface area contributed by atoms with Crippen LogP contribution >= 0.6 is 0 Å². The fourth-order valence-corrected chi connectivity index (χ4v) is 0.996. The average molecular weight is 200 g/mol. The molecular weight excluding hydrogens is 176 g/mol. The van der Waals surface area contributed by atoms with Crippen LogP contribution in [0.15, 0.2) is 0 Å². The second-order valence-corrected chi connectivity index (χ2v) is 5.21. The molecule has 0 aliphatic carbocycles. The molecule has 0 bridgehead atoms. The third-order valence-corrected chi connectivity index (χ3v) is 1.98. The second kappa shape index (κ2) is 6.02. The maximum absolute atomic E-state index is 11.3. The maximum atomic E-state index is 11.3. The van der Waals surface area contributed by atoms with Crippen molar-refractivity contribution in [3.8, 4) is 0 Å². The first kappa shape index (κ1) is 13.4. The lowest BCUT2D eigenvalue weighted by atomic mass is 9.90. The number of rotatable bonds is 5. The monoisotopic (exact) mass is 200 g/mol. The van der Waals surface area contributed by atoms with Gasteiger partial charge < -0.3 is 10.2 Å². The van der Waals surface area contributed by atoms with Gasteiger partial charge >= 0.3 is 0 Å². The average Bonchev–Trinajstić information content (AvgIpc) is 1.99. The lowest BCUT2D eigenvalue weighted by Gasteiger charge is -2.17. The largest absolute Gasteiger partial charge is 0.355 e. The Hall–Kier alpha value is -0.570. The van der Waals surface area contributed by atoms with E-state index in [0.717, 1.165) is 19.5 Å². The van der Waals surface area contributed by atoms with Crippen molar-refractivity contribution < 1.29 is 4.79 Å². The molecule has 0 aromatic heterocycles. The number of nitrogens with zero attached hydrogens (tertiary/aromatic N) is 1. The van der Waals surface area contributed by atoms with Crippen LogP contribution in [0, 0.1) is 5.41 Å². The molecular formula is C11H24N2O. The van der Waals surface area contributed by atoms with E-state index in [2.05, 4.69) is 31.0 Å². The van der Waals surface area contributed by atoms with Gasteiger partial charge in [-0.25, -0.2) is 0 Å². The molecule has 0 unspecified atom stereocenters. The van der Waals surface area contributed by atoms with Crippen LogP contribution in [-0.2, 0) is 4.79 Å². The zero-order chi connectivity index (χ0) is 11.2. The van der Waals surface area contributed by atoms with Crippen LogP contribution in [0.2, 0.25) is 0 Å². The quantitative estimate of drug-likeness (QED) is 0.729. The van der Waals surface area contributed by atoms with Crippen LogP contribution in [0.3, 0.4) is 0 Å². The Bertz CT molecular complexity index is 171. The van der Waals surface area contributed by atoms with E-state index in [0.29, 0.717) is 6.42 Å². The van der Waals surface area contributed by atoms with E-state index < -0.39 is 0 Å². The number of hydrogen-bond donors (Lipinski definition) is 1. The fourth-order valence-electron chi connectivity index (χ4n) is 0.996. The maximum Gasteiger partial charge on any atom is 0.220 e. The summed E-state index contributed by atoms with van der Waals surface area (Å²) in [6.07, 6.45) is 1.58. The van der Waals surface area contributed by atoms with Crippen molar-refractivity contribution >= 4 is 5.91 Å². The first-order valence-electron chi connectivity index (χ1n) is 5.23. The summed E-state index contributed by atoms with van der Waals surface area (Å²) in [5.41, 5.74) is 0.249. The molecule has 0 aromatic rings. The summed E-state index contributed by atoms with van der Waals surface area (Å²) in [5, 5.41) is 2.91.